The summed E-state index contributed by atoms with van der Waals surface area (Å²) in [5.74, 6) is 0.663. The van der Waals surface area contributed by atoms with Gasteiger partial charge in [0.2, 0.25) is 5.91 Å². The molecule has 84 valence electrons. The van der Waals surface area contributed by atoms with Crippen molar-refractivity contribution < 1.29 is 9.90 Å². The van der Waals surface area contributed by atoms with E-state index in [1.54, 1.807) is 4.90 Å². The largest absolute Gasteiger partial charge is 0.386 e. The molecule has 2 heterocycles. The zero-order valence-corrected chi connectivity index (χ0v) is 8.91. The lowest BCUT2D eigenvalue weighted by atomic mass is 9.88. The molecule has 15 heavy (non-hydrogen) atoms. The molecule has 2 N–H and O–H groups in total. The number of rotatable bonds is 2. The molecule has 2 aliphatic heterocycles. The minimum absolute atomic E-state index is 0.0220. The molecule has 1 saturated carbocycles. The first kappa shape index (κ1) is 9.60. The van der Waals surface area contributed by atoms with Crippen LogP contribution in [0.25, 0.3) is 0 Å². The normalized spacial score (nSPS) is 33.9. The van der Waals surface area contributed by atoms with Gasteiger partial charge in [0.25, 0.3) is 0 Å². The van der Waals surface area contributed by atoms with E-state index in [0.29, 0.717) is 19.0 Å². The summed E-state index contributed by atoms with van der Waals surface area (Å²) in [6.45, 7) is 2.08. The van der Waals surface area contributed by atoms with Gasteiger partial charge in [0, 0.05) is 0 Å². The molecule has 3 rings (SSSR count). The van der Waals surface area contributed by atoms with Gasteiger partial charge in [0.15, 0.2) is 0 Å². The van der Waals surface area contributed by atoms with E-state index in [1.807, 2.05) is 0 Å². The average molecular weight is 210 g/mol. The molecule has 0 aromatic rings. The molecule has 0 bridgehead atoms. The van der Waals surface area contributed by atoms with E-state index in [0.717, 1.165) is 32.2 Å². The highest BCUT2D eigenvalue weighted by Gasteiger charge is 2.53. The predicted molar refractivity (Wildman–Crippen MR) is 55.3 cm³/mol. The maximum absolute atomic E-state index is 11.9. The van der Waals surface area contributed by atoms with Gasteiger partial charge in [-0.3, -0.25) is 4.79 Å². The van der Waals surface area contributed by atoms with Crippen LogP contribution in [0.4, 0.5) is 0 Å². The van der Waals surface area contributed by atoms with Gasteiger partial charge in [-0.1, -0.05) is 0 Å². The standard InChI is InChI=1S/C11H18N2O2/c14-10(9-2-1-5-12-9)13-6-11(15,7-13)8-3-4-8/h8-9,12,15H,1-7H2/t9-/m1/s1. The summed E-state index contributed by atoms with van der Waals surface area (Å²) >= 11 is 0. The van der Waals surface area contributed by atoms with Gasteiger partial charge in [-0.25, -0.2) is 0 Å². The maximum Gasteiger partial charge on any atom is 0.239 e. The highest BCUT2D eigenvalue weighted by molar-refractivity contribution is 5.83. The van der Waals surface area contributed by atoms with Crippen LogP contribution >= 0.6 is 0 Å². The van der Waals surface area contributed by atoms with Gasteiger partial charge < -0.3 is 15.3 Å². The SMILES string of the molecule is O=C([C@H]1CCCN1)N1CC(O)(C2CC2)C1. The molecular weight excluding hydrogens is 192 g/mol. The summed E-state index contributed by atoms with van der Waals surface area (Å²) in [7, 11) is 0. The van der Waals surface area contributed by atoms with Crippen molar-refractivity contribution in [2.24, 2.45) is 5.92 Å². The molecule has 0 spiro atoms. The van der Waals surface area contributed by atoms with Gasteiger partial charge in [0.05, 0.1) is 19.1 Å². The Morgan fingerprint density at radius 2 is 2.07 bits per heavy atom. The lowest BCUT2D eigenvalue weighted by molar-refractivity contribution is -0.161. The fourth-order valence-corrected chi connectivity index (χ4v) is 2.77. The third-order valence-corrected chi connectivity index (χ3v) is 3.94. The van der Waals surface area contributed by atoms with Gasteiger partial charge in [-0.2, -0.15) is 0 Å². The van der Waals surface area contributed by atoms with Crippen LogP contribution in [0, 0.1) is 5.92 Å². The van der Waals surface area contributed by atoms with E-state index in [-0.39, 0.29) is 11.9 Å². The first-order valence-electron chi connectivity index (χ1n) is 5.94. The molecule has 0 aromatic heterocycles. The first-order chi connectivity index (χ1) is 7.19. The predicted octanol–water partition coefficient (Wildman–Crippen LogP) is -0.278. The quantitative estimate of drug-likeness (QED) is 0.659. The molecule has 4 heteroatoms. The lowest BCUT2D eigenvalue weighted by Crippen LogP contribution is -2.66. The topological polar surface area (TPSA) is 52.6 Å². The smallest absolute Gasteiger partial charge is 0.239 e. The Morgan fingerprint density at radius 3 is 2.60 bits per heavy atom. The number of β-amino-alcohol motifs (C(OH)–C–C–N with tert-alkyl or cyclic N) is 1. The molecular formula is C11H18N2O2. The Hall–Kier alpha value is -0.610. The van der Waals surface area contributed by atoms with Crippen LogP contribution in [-0.2, 0) is 4.79 Å². The van der Waals surface area contributed by atoms with Crippen LogP contribution in [0.15, 0.2) is 0 Å². The lowest BCUT2D eigenvalue weighted by Gasteiger charge is -2.47. The minimum atomic E-state index is -0.533. The van der Waals surface area contributed by atoms with Crippen LogP contribution in [0.2, 0.25) is 0 Å². The van der Waals surface area contributed by atoms with Crippen LogP contribution in [0.5, 0.6) is 0 Å². The molecule has 0 unspecified atom stereocenters. The number of carbonyl (C=O) groups is 1. The second-order valence-corrected chi connectivity index (χ2v) is 5.22. The summed E-state index contributed by atoms with van der Waals surface area (Å²) in [6, 6.07) is 0.0220. The molecule has 2 saturated heterocycles. The number of amides is 1. The van der Waals surface area contributed by atoms with E-state index in [9.17, 15) is 9.90 Å². The van der Waals surface area contributed by atoms with Crippen LogP contribution in [-0.4, -0.2) is 47.2 Å². The number of nitrogens with zero attached hydrogens (tertiary/aromatic N) is 1. The van der Waals surface area contributed by atoms with Crippen molar-refractivity contribution in [3.8, 4) is 0 Å². The van der Waals surface area contributed by atoms with E-state index >= 15 is 0 Å². The van der Waals surface area contributed by atoms with Gasteiger partial charge in [-0.05, 0) is 38.1 Å². The van der Waals surface area contributed by atoms with Crippen molar-refractivity contribution in [3.05, 3.63) is 0 Å². The Labute approximate surface area is 89.6 Å². The summed E-state index contributed by atoms with van der Waals surface area (Å²) in [5, 5.41) is 13.3. The van der Waals surface area contributed by atoms with Crippen molar-refractivity contribution in [2.75, 3.05) is 19.6 Å². The average Bonchev–Trinajstić information content (AvgIpc) is 2.89. The molecule has 1 aliphatic carbocycles. The van der Waals surface area contributed by atoms with Crippen molar-refractivity contribution in [1.82, 2.24) is 10.2 Å². The number of aliphatic hydroxyl groups is 1. The minimum Gasteiger partial charge on any atom is -0.386 e. The van der Waals surface area contributed by atoms with Crippen LogP contribution in [0.3, 0.4) is 0 Å². The van der Waals surface area contributed by atoms with Crippen LogP contribution in [0.1, 0.15) is 25.7 Å². The second kappa shape index (κ2) is 3.19. The van der Waals surface area contributed by atoms with E-state index < -0.39 is 5.60 Å². The second-order valence-electron chi connectivity index (χ2n) is 5.22. The molecule has 3 aliphatic rings. The van der Waals surface area contributed by atoms with Crippen LogP contribution < -0.4 is 5.32 Å². The van der Waals surface area contributed by atoms with E-state index in [2.05, 4.69) is 5.32 Å². The fraction of sp³-hybridized carbons (Fsp3) is 0.909. The third kappa shape index (κ3) is 1.56. The van der Waals surface area contributed by atoms with Crippen molar-refractivity contribution >= 4 is 5.91 Å². The summed E-state index contributed by atoms with van der Waals surface area (Å²) in [5.41, 5.74) is -0.533. The molecule has 1 atom stereocenters. The molecule has 0 radical (unpaired) electrons. The molecule has 3 fully saturated rings. The van der Waals surface area contributed by atoms with Crippen molar-refractivity contribution in [2.45, 2.75) is 37.3 Å². The number of likely N-dealkylation sites (tertiary alicyclic amines) is 1. The zero-order chi connectivity index (χ0) is 10.5. The number of carbonyl (C=O) groups excluding carboxylic acids is 1. The molecule has 1 amide bonds. The fourth-order valence-electron chi connectivity index (χ4n) is 2.77. The zero-order valence-electron chi connectivity index (χ0n) is 8.91. The Kier molecular flexibility index (Phi) is 2.04. The van der Waals surface area contributed by atoms with E-state index in [1.165, 1.54) is 0 Å². The van der Waals surface area contributed by atoms with Gasteiger partial charge in [0.1, 0.15) is 5.60 Å². The number of hydrogen-bond donors (Lipinski definition) is 2. The Balaban J connectivity index is 1.55. The van der Waals surface area contributed by atoms with Crippen molar-refractivity contribution in [1.29, 1.82) is 0 Å². The number of nitrogens with one attached hydrogen (secondary N) is 1. The Bertz CT molecular complexity index is 276. The third-order valence-electron chi connectivity index (χ3n) is 3.94. The highest BCUT2D eigenvalue weighted by atomic mass is 16.3. The molecule has 0 aromatic carbocycles. The summed E-state index contributed by atoms with van der Waals surface area (Å²) in [6.07, 6.45) is 4.33. The van der Waals surface area contributed by atoms with E-state index in [4.69, 9.17) is 0 Å². The highest BCUT2D eigenvalue weighted by Crippen LogP contribution is 2.44. The van der Waals surface area contributed by atoms with Gasteiger partial charge >= 0.3 is 0 Å². The molecule has 4 nitrogen and oxygen atoms in total. The van der Waals surface area contributed by atoms with Gasteiger partial charge in [-0.15, -0.1) is 0 Å². The number of hydrogen-bond acceptors (Lipinski definition) is 3. The van der Waals surface area contributed by atoms with Crippen molar-refractivity contribution in [3.63, 3.8) is 0 Å². The monoisotopic (exact) mass is 210 g/mol. The Morgan fingerprint density at radius 1 is 1.33 bits per heavy atom. The maximum atomic E-state index is 11.9. The first-order valence-corrected chi connectivity index (χ1v) is 5.94. The summed E-state index contributed by atoms with van der Waals surface area (Å²) < 4.78 is 0. The summed E-state index contributed by atoms with van der Waals surface area (Å²) in [4.78, 5) is 13.7.